The van der Waals surface area contributed by atoms with E-state index >= 15 is 0 Å². The van der Waals surface area contributed by atoms with E-state index in [4.69, 9.17) is 9.47 Å². The minimum atomic E-state index is -0.564. The number of amides is 2. The van der Waals surface area contributed by atoms with Crippen molar-refractivity contribution in [3.8, 4) is 11.1 Å². The molecule has 7 heteroatoms. The average molecular weight is 491 g/mol. The molecule has 0 aliphatic heterocycles. The van der Waals surface area contributed by atoms with Gasteiger partial charge >= 0.3 is 12.2 Å². The predicted molar refractivity (Wildman–Crippen MR) is 126 cm³/mol. The van der Waals surface area contributed by atoms with Crippen molar-refractivity contribution in [2.75, 3.05) is 0 Å². The molecule has 0 aliphatic rings. The number of rotatable bonds is 5. The fraction of sp³-hybridized carbons (Fsp3) is 0.417. The third kappa shape index (κ3) is 9.42. The molecular formula is C24H31BrN2O4. The molecule has 0 bridgehead atoms. The minimum absolute atomic E-state index is 0.304. The van der Waals surface area contributed by atoms with Gasteiger partial charge in [-0.3, -0.25) is 0 Å². The summed E-state index contributed by atoms with van der Waals surface area (Å²) >= 11 is 3.45. The van der Waals surface area contributed by atoms with E-state index in [0.717, 1.165) is 26.7 Å². The SMILES string of the molecule is CC(C)(C)OC(=O)NCc1cc(CNC(=O)OC(C)(C)C)cc(-c2ccc(Br)cc2)c1. The molecule has 0 spiro atoms. The van der Waals surface area contributed by atoms with Gasteiger partial charge in [0.1, 0.15) is 11.2 Å². The zero-order valence-electron chi connectivity index (χ0n) is 19.0. The largest absolute Gasteiger partial charge is 0.444 e. The lowest BCUT2D eigenvalue weighted by Gasteiger charge is -2.20. The molecule has 0 aliphatic carbocycles. The summed E-state index contributed by atoms with van der Waals surface area (Å²) in [4.78, 5) is 24.1. The first-order valence-corrected chi connectivity index (χ1v) is 10.9. The molecule has 2 N–H and O–H groups in total. The van der Waals surface area contributed by atoms with Crippen LogP contribution in [0.25, 0.3) is 11.1 Å². The van der Waals surface area contributed by atoms with E-state index in [2.05, 4.69) is 26.6 Å². The highest BCUT2D eigenvalue weighted by molar-refractivity contribution is 9.10. The molecule has 2 amide bonds. The van der Waals surface area contributed by atoms with Gasteiger partial charge in [0.25, 0.3) is 0 Å². The Balaban J connectivity index is 2.20. The van der Waals surface area contributed by atoms with Gasteiger partial charge in [0, 0.05) is 17.6 Å². The summed E-state index contributed by atoms with van der Waals surface area (Å²) in [6, 6.07) is 13.9. The number of ether oxygens (including phenoxy) is 2. The summed E-state index contributed by atoms with van der Waals surface area (Å²) in [5, 5.41) is 5.57. The van der Waals surface area contributed by atoms with Crippen LogP contribution in [0.4, 0.5) is 9.59 Å². The normalized spacial score (nSPS) is 11.6. The topological polar surface area (TPSA) is 76.7 Å². The molecule has 0 atom stereocenters. The van der Waals surface area contributed by atoms with Crippen molar-refractivity contribution in [3.63, 3.8) is 0 Å². The zero-order chi connectivity index (χ0) is 23.2. The highest BCUT2D eigenvalue weighted by Gasteiger charge is 2.17. The average Bonchev–Trinajstić information content (AvgIpc) is 2.62. The molecule has 2 aromatic rings. The standard InChI is InChI=1S/C24H31BrN2O4/c1-23(2,3)30-21(28)26-14-16-11-17(15-27-22(29)31-24(4,5)6)13-19(12-16)18-7-9-20(25)10-8-18/h7-13H,14-15H2,1-6H3,(H,26,28)(H,27,29). The fourth-order valence-corrected chi connectivity index (χ4v) is 3.02. The number of halogens is 1. The van der Waals surface area contributed by atoms with Gasteiger partial charge in [-0.15, -0.1) is 0 Å². The Morgan fingerprint density at radius 2 is 1.16 bits per heavy atom. The second-order valence-electron chi connectivity index (χ2n) is 9.26. The van der Waals surface area contributed by atoms with Crippen molar-refractivity contribution in [3.05, 3.63) is 58.1 Å². The van der Waals surface area contributed by atoms with Crippen molar-refractivity contribution in [1.29, 1.82) is 0 Å². The second-order valence-corrected chi connectivity index (χ2v) is 10.2. The maximum atomic E-state index is 12.0. The van der Waals surface area contributed by atoms with Gasteiger partial charge in [-0.1, -0.05) is 34.1 Å². The molecule has 0 saturated carbocycles. The van der Waals surface area contributed by atoms with Crippen LogP contribution >= 0.6 is 15.9 Å². The van der Waals surface area contributed by atoms with E-state index < -0.39 is 23.4 Å². The number of benzene rings is 2. The summed E-state index contributed by atoms with van der Waals surface area (Å²) in [5.74, 6) is 0. The lowest BCUT2D eigenvalue weighted by atomic mass is 9.99. The number of carbonyl (C=O) groups excluding carboxylic acids is 2. The van der Waals surface area contributed by atoms with Crippen LogP contribution in [0.1, 0.15) is 52.7 Å². The lowest BCUT2D eigenvalue weighted by Crippen LogP contribution is -2.32. The van der Waals surface area contributed by atoms with Crippen molar-refractivity contribution in [2.24, 2.45) is 0 Å². The van der Waals surface area contributed by atoms with E-state index in [1.807, 2.05) is 84.0 Å². The van der Waals surface area contributed by atoms with Crippen LogP contribution in [-0.4, -0.2) is 23.4 Å². The van der Waals surface area contributed by atoms with E-state index in [9.17, 15) is 9.59 Å². The van der Waals surface area contributed by atoms with Crippen LogP contribution < -0.4 is 10.6 Å². The fourth-order valence-electron chi connectivity index (χ4n) is 2.75. The molecule has 0 radical (unpaired) electrons. The quantitative estimate of drug-likeness (QED) is 0.525. The molecule has 0 unspecified atom stereocenters. The van der Waals surface area contributed by atoms with Crippen LogP contribution in [0.2, 0.25) is 0 Å². The van der Waals surface area contributed by atoms with Crippen LogP contribution in [-0.2, 0) is 22.6 Å². The van der Waals surface area contributed by atoms with Crippen molar-refractivity contribution in [1.82, 2.24) is 10.6 Å². The Morgan fingerprint density at radius 1 is 0.742 bits per heavy atom. The van der Waals surface area contributed by atoms with Crippen molar-refractivity contribution >= 4 is 28.1 Å². The van der Waals surface area contributed by atoms with Crippen LogP contribution in [0.15, 0.2) is 46.9 Å². The Morgan fingerprint density at radius 3 is 1.55 bits per heavy atom. The third-order valence-corrected chi connectivity index (χ3v) is 4.43. The van der Waals surface area contributed by atoms with E-state index in [-0.39, 0.29) is 0 Å². The third-order valence-electron chi connectivity index (χ3n) is 3.90. The van der Waals surface area contributed by atoms with Gasteiger partial charge in [-0.05, 0) is 88.1 Å². The maximum absolute atomic E-state index is 12.0. The predicted octanol–water partition coefficient (Wildman–Crippen LogP) is 6.17. The van der Waals surface area contributed by atoms with Gasteiger partial charge in [0.05, 0.1) is 0 Å². The Labute approximate surface area is 192 Å². The molecule has 0 heterocycles. The van der Waals surface area contributed by atoms with Crippen LogP contribution in [0.3, 0.4) is 0 Å². The summed E-state index contributed by atoms with van der Waals surface area (Å²) in [6.07, 6.45) is -0.954. The minimum Gasteiger partial charge on any atom is -0.444 e. The zero-order valence-corrected chi connectivity index (χ0v) is 20.6. The van der Waals surface area contributed by atoms with Gasteiger partial charge < -0.3 is 20.1 Å². The molecule has 6 nitrogen and oxygen atoms in total. The number of carbonyl (C=O) groups is 2. The van der Waals surface area contributed by atoms with Gasteiger partial charge in [-0.2, -0.15) is 0 Å². The molecule has 0 saturated heterocycles. The second kappa shape index (κ2) is 10.2. The van der Waals surface area contributed by atoms with Gasteiger partial charge in [-0.25, -0.2) is 9.59 Å². The first kappa shape index (κ1) is 24.7. The maximum Gasteiger partial charge on any atom is 0.407 e. The first-order chi connectivity index (χ1) is 14.3. The van der Waals surface area contributed by atoms with Gasteiger partial charge in [0.15, 0.2) is 0 Å². The summed E-state index contributed by atoms with van der Waals surface area (Å²) in [6.45, 7) is 11.5. The van der Waals surface area contributed by atoms with Crippen LogP contribution in [0.5, 0.6) is 0 Å². The molecule has 31 heavy (non-hydrogen) atoms. The number of nitrogens with one attached hydrogen (secondary N) is 2. The number of hydrogen-bond acceptors (Lipinski definition) is 4. The van der Waals surface area contributed by atoms with E-state index in [1.54, 1.807) is 0 Å². The smallest absolute Gasteiger partial charge is 0.407 e. The molecule has 0 fully saturated rings. The van der Waals surface area contributed by atoms with Crippen molar-refractivity contribution < 1.29 is 19.1 Å². The molecule has 2 rings (SSSR count). The van der Waals surface area contributed by atoms with Crippen LogP contribution in [0, 0.1) is 0 Å². The van der Waals surface area contributed by atoms with E-state index in [0.29, 0.717) is 13.1 Å². The summed E-state index contributed by atoms with van der Waals surface area (Å²) in [7, 11) is 0. The highest BCUT2D eigenvalue weighted by Crippen LogP contribution is 2.25. The highest BCUT2D eigenvalue weighted by atomic mass is 79.9. The molecular weight excluding hydrogens is 460 g/mol. The number of hydrogen-bond donors (Lipinski definition) is 2. The Kier molecular flexibility index (Phi) is 8.12. The van der Waals surface area contributed by atoms with Gasteiger partial charge in [0.2, 0.25) is 0 Å². The van der Waals surface area contributed by atoms with Crippen molar-refractivity contribution in [2.45, 2.75) is 65.8 Å². The molecule has 0 aromatic heterocycles. The molecule has 168 valence electrons. The first-order valence-electron chi connectivity index (χ1n) is 10.1. The lowest BCUT2D eigenvalue weighted by molar-refractivity contribution is 0.0513. The van der Waals surface area contributed by atoms with E-state index in [1.165, 1.54) is 0 Å². The monoisotopic (exact) mass is 490 g/mol. The summed E-state index contributed by atoms with van der Waals surface area (Å²) < 4.78 is 11.6. The summed E-state index contributed by atoms with van der Waals surface area (Å²) in [5.41, 5.74) is 2.68. The Bertz CT molecular complexity index is 862. The Hall–Kier alpha value is -2.54. The number of alkyl carbamates (subject to hydrolysis) is 2. The molecule has 2 aromatic carbocycles.